The van der Waals surface area contributed by atoms with E-state index in [1.807, 2.05) is 31.0 Å². The van der Waals surface area contributed by atoms with Gasteiger partial charge in [-0.05, 0) is 19.1 Å². The molecular formula is C13H15N3OS. The van der Waals surface area contributed by atoms with Crippen molar-refractivity contribution in [1.29, 1.82) is 0 Å². The number of anilines is 1. The van der Waals surface area contributed by atoms with Crippen molar-refractivity contribution in [1.82, 2.24) is 9.97 Å². The molecule has 94 valence electrons. The van der Waals surface area contributed by atoms with Crippen LogP contribution in [-0.4, -0.2) is 24.1 Å². The lowest BCUT2D eigenvalue weighted by Gasteiger charge is -2.16. The number of methoxy groups -OCH3 is 1. The number of pyridine rings is 1. The Hall–Kier alpha value is -1.88. The second kappa shape index (κ2) is 5.18. The molecule has 2 aromatic rings. The number of hydrogen-bond donors (Lipinski definition) is 0. The highest BCUT2D eigenvalue weighted by Crippen LogP contribution is 2.39. The number of rotatable bonds is 4. The van der Waals surface area contributed by atoms with E-state index in [4.69, 9.17) is 4.74 Å². The summed E-state index contributed by atoms with van der Waals surface area (Å²) < 4.78 is 5.31. The van der Waals surface area contributed by atoms with Crippen molar-refractivity contribution in [2.75, 3.05) is 19.1 Å². The first-order valence-electron chi connectivity index (χ1n) is 5.48. The van der Waals surface area contributed by atoms with E-state index in [0.29, 0.717) is 5.88 Å². The summed E-state index contributed by atoms with van der Waals surface area (Å²) >= 11 is 1.56. The number of hydrogen-bond acceptors (Lipinski definition) is 5. The minimum atomic E-state index is 0.615. The second-order valence-corrected chi connectivity index (χ2v) is 4.85. The van der Waals surface area contributed by atoms with Gasteiger partial charge in [-0.15, -0.1) is 0 Å². The first kappa shape index (κ1) is 12.6. The summed E-state index contributed by atoms with van der Waals surface area (Å²) in [7, 11) is 3.57. The van der Waals surface area contributed by atoms with Gasteiger partial charge in [0.25, 0.3) is 0 Å². The largest absolute Gasteiger partial charge is 0.479 e. The van der Waals surface area contributed by atoms with Gasteiger partial charge in [0.05, 0.1) is 7.11 Å². The van der Waals surface area contributed by atoms with E-state index >= 15 is 0 Å². The summed E-state index contributed by atoms with van der Waals surface area (Å²) in [6.07, 6.45) is 3.54. The van der Waals surface area contributed by atoms with Crippen molar-refractivity contribution in [3.8, 4) is 16.5 Å². The number of nitrogens with zero attached hydrogens (tertiary/aromatic N) is 3. The van der Waals surface area contributed by atoms with Crippen molar-refractivity contribution in [2.45, 2.75) is 6.92 Å². The van der Waals surface area contributed by atoms with E-state index in [1.165, 1.54) is 0 Å². The zero-order chi connectivity index (χ0) is 13.1. The maximum atomic E-state index is 5.31. The first-order chi connectivity index (χ1) is 8.63. The minimum absolute atomic E-state index is 0.615. The smallest absolute Gasteiger partial charge is 0.249 e. The molecule has 2 rings (SSSR count). The van der Waals surface area contributed by atoms with Crippen LogP contribution in [0.15, 0.2) is 36.8 Å². The highest BCUT2D eigenvalue weighted by atomic mass is 32.1. The SMILES string of the molecule is C=C(C)N(C)c1sc(-c2cccnc2)nc1OC. The predicted molar refractivity (Wildman–Crippen MR) is 75.1 cm³/mol. The molecule has 2 aromatic heterocycles. The van der Waals surface area contributed by atoms with E-state index in [-0.39, 0.29) is 0 Å². The Kier molecular flexibility index (Phi) is 3.62. The Bertz CT molecular complexity index is 551. The third kappa shape index (κ3) is 2.36. The lowest BCUT2D eigenvalue weighted by atomic mass is 10.3. The molecule has 0 radical (unpaired) electrons. The number of thiazole rings is 1. The molecule has 0 fully saturated rings. The van der Waals surface area contributed by atoms with E-state index in [1.54, 1.807) is 30.8 Å². The van der Waals surface area contributed by atoms with Gasteiger partial charge in [-0.3, -0.25) is 4.98 Å². The third-order valence-electron chi connectivity index (χ3n) is 2.56. The van der Waals surface area contributed by atoms with Gasteiger partial charge in [0.15, 0.2) is 5.00 Å². The van der Waals surface area contributed by atoms with Crippen molar-refractivity contribution in [3.05, 3.63) is 36.8 Å². The van der Waals surface area contributed by atoms with Gasteiger partial charge in [-0.25, -0.2) is 0 Å². The number of ether oxygens (including phenoxy) is 1. The van der Waals surface area contributed by atoms with E-state index in [9.17, 15) is 0 Å². The van der Waals surface area contributed by atoms with Gasteiger partial charge >= 0.3 is 0 Å². The van der Waals surface area contributed by atoms with Crippen LogP contribution in [0, 0.1) is 0 Å². The van der Waals surface area contributed by atoms with Crippen molar-refractivity contribution < 1.29 is 4.74 Å². The Morgan fingerprint density at radius 3 is 2.83 bits per heavy atom. The van der Waals surface area contributed by atoms with Crippen LogP contribution in [0.3, 0.4) is 0 Å². The Morgan fingerprint density at radius 2 is 2.28 bits per heavy atom. The average molecular weight is 261 g/mol. The first-order valence-corrected chi connectivity index (χ1v) is 6.29. The number of aromatic nitrogens is 2. The molecule has 0 aromatic carbocycles. The van der Waals surface area contributed by atoms with Crippen molar-refractivity contribution in [2.24, 2.45) is 0 Å². The molecule has 0 bridgehead atoms. The highest BCUT2D eigenvalue weighted by molar-refractivity contribution is 7.19. The minimum Gasteiger partial charge on any atom is -0.479 e. The molecule has 5 heteroatoms. The predicted octanol–water partition coefficient (Wildman–Crippen LogP) is 3.18. The second-order valence-electron chi connectivity index (χ2n) is 3.87. The third-order valence-corrected chi connectivity index (χ3v) is 3.72. The molecule has 4 nitrogen and oxygen atoms in total. The van der Waals surface area contributed by atoms with Crippen LogP contribution in [0.25, 0.3) is 10.6 Å². The monoisotopic (exact) mass is 261 g/mol. The van der Waals surface area contributed by atoms with E-state index in [0.717, 1.165) is 21.3 Å². The van der Waals surface area contributed by atoms with E-state index < -0.39 is 0 Å². The average Bonchev–Trinajstić information content (AvgIpc) is 2.82. The normalized spacial score (nSPS) is 10.2. The molecule has 0 amide bonds. The summed E-state index contributed by atoms with van der Waals surface area (Å²) in [5.41, 5.74) is 1.93. The molecule has 2 heterocycles. The molecule has 18 heavy (non-hydrogen) atoms. The van der Waals surface area contributed by atoms with Crippen LogP contribution in [0.4, 0.5) is 5.00 Å². The van der Waals surface area contributed by atoms with Crippen LogP contribution in [0.1, 0.15) is 6.92 Å². The molecule has 0 aliphatic rings. The van der Waals surface area contributed by atoms with E-state index in [2.05, 4.69) is 16.5 Å². The summed E-state index contributed by atoms with van der Waals surface area (Å²) in [6.45, 7) is 5.87. The Labute approximate surface area is 111 Å². The molecule has 0 aliphatic carbocycles. The quantitative estimate of drug-likeness (QED) is 0.847. The van der Waals surface area contributed by atoms with Crippen LogP contribution in [0.5, 0.6) is 5.88 Å². The van der Waals surface area contributed by atoms with Crippen molar-refractivity contribution >= 4 is 16.3 Å². The van der Waals surface area contributed by atoms with Gasteiger partial charge in [-0.1, -0.05) is 17.9 Å². The lowest BCUT2D eigenvalue weighted by molar-refractivity contribution is 0.402. The zero-order valence-corrected chi connectivity index (χ0v) is 11.5. The molecule has 0 N–H and O–H groups in total. The molecule has 0 spiro atoms. The van der Waals surface area contributed by atoms with Crippen LogP contribution in [-0.2, 0) is 0 Å². The molecule has 0 atom stereocenters. The highest BCUT2D eigenvalue weighted by Gasteiger charge is 2.17. The summed E-state index contributed by atoms with van der Waals surface area (Å²) in [4.78, 5) is 10.5. The van der Waals surface area contributed by atoms with Gasteiger partial charge in [0, 0.05) is 30.7 Å². The van der Waals surface area contributed by atoms with Crippen LogP contribution < -0.4 is 9.64 Å². The molecule has 0 aliphatic heterocycles. The van der Waals surface area contributed by atoms with Crippen molar-refractivity contribution in [3.63, 3.8) is 0 Å². The molecular weight excluding hydrogens is 246 g/mol. The molecule has 0 saturated heterocycles. The van der Waals surface area contributed by atoms with Gasteiger partial charge in [-0.2, -0.15) is 4.98 Å². The fourth-order valence-electron chi connectivity index (χ4n) is 1.43. The Morgan fingerprint density at radius 1 is 1.50 bits per heavy atom. The maximum Gasteiger partial charge on any atom is 0.249 e. The molecule has 0 saturated carbocycles. The standard InChI is InChI=1S/C13H15N3OS/c1-9(2)16(3)13-11(17-4)15-12(18-13)10-6-5-7-14-8-10/h5-8H,1H2,2-4H3. The number of allylic oxidation sites excluding steroid dienone is 1. The summed E-state index contributed by atoms with van der Waals surface area (Å²) in [6, 6.07) is 3.88. The van der Waals surface area contributed by atoms with Gasteiger partial charge in [0.1, 0.15) is 5.01 Å². The fraction of sp³-hybridized carbons (Fsp3) is 0.231. The summed E-state index contributed by atoms with van der Waals surface area (Å²) in [5, 5.41) is 1.84. The summed E-state index contributed by atoms with van der Waals surface area (Å²) in [5.74, 6) is 0.615. The molecule has 0 unspecified atom stereocenters. The lowest BCUT2D eigenvalue weighted by Crippen LogP contribution is -2.12. The van der Waals surface area contributed by atoms with Crippen LogP contribution in [0.2, 0.25) is 0 Å². The Balaban J connectivity index is 2.44. The fourth-order valence-corrected chi connectivity index (χ4v) is 2.49. The topological polar surface area (TPSA) is 38.2 Å². The van der Waals surface area contributed by atoms with Crippen LogP contribution >= 0.6 is 11.3 Å². The van der Waals surface area contributed by atoms with Gasteiger partial charge in [0.2, 0.25) is 5.88 Å². The maximum absolute atomic E-state index is 5.31. The zero-order valence-electron chi connectivity index (χ0n) is 10.7. The van der Waals surface area contributed by atoms with Gasteiger partial charge < -0.3 is 9.64 Å².